The van der Waals surface area contributed by atoms with Gasteiger partial charge in [0.05, 0.1) is 12.1 Å². The lowest BCUT2D eigenvalue weighted by Gasteiger charge is -2.03. The molecule has 0 spiro atoms. The van der Waals surface area contributed by atoms with Crippen LogP contribution in [0.5, 0.6) is 5.75 Å². The third-order valence-corrected chi connectivity index (χ3v) is 3.22. The highest BCUT2D eigenvalue weighted by Gasteiger charge is 2.20. The molecule has 0 fully saturated rings. The maximum absolute atomic E-state index is 8.27. The van der Waals surface area contributed by atoms with Crippen molar-refractivity contribution in [2.75, 3.05) is 6.73 Å². The van der Waals surface area contributed by atoms with Crippen molar-refractivity contribution < 1.29 is 9.30 Å². The largest absolute Gasteiger partial charge is 0.487 e. The lowest BCUT2D eigenvalue weighted by Crippen LogP contribution is -2.34. The smallest absolute Gasteiger partial charge is 0.245 e. The molecule has 6 nitrogen and oxygen atoms in total. The van der Waals surface area contributed by atoms with E-state index < -0.39 is 0 Å². The van der Waals surface area contributed by atoms with E-state index in [4.69, 9.17) is 10.3 Å². The zero-order chi connectivity index (χ0) is 14.7. The predicted molar refractivity (Wildman–Crippen MR) is 77.5 cm³/mol. The number of nitrogens with zero attached hydrogens (tertiary/aromatic N) is 5. The molecule has 0 radical (unpaired) electrons. The molecule has 106 valence electrons. The predicted octanol–water partition coefficient (Wildman–Crippen LogP) is 3.74. The van der Waals surface area contributed by atoms with E-state index in [1.807, 2.05) is 18.2 Å². The second-order valence-corrected chi connectivity index (χ2v) is 5.27. The van der Waals surface area contributed by atoms with Gasteiger partial charge in [0.1, 0.15) is 5.75 Å². The minimum absolute atomic E-state index is 0.00851. The number of hydrogen-bond donors (Lipinski definition) is 0. The van der Waals surface area contributed by atoms with E-state index in [9.17, 15) is 0 Å². The summed E-state index contributed by atoms with van der Waals surface area (Å²) < 4.78 is 9.88. The highest BCUT2D eigenvalue weighted by Crippen LogP contribution is 2.23. The monoisotopic (exact) mass is 274 g/mol. The number of hydrogen-bond acceptors (Lipinski definition) is 2. The number of rotatable bonds is 5. The van der Waals surface area contributed by atoms with Crippen LogP contribution < -0.4 is 9.30 Å². The molecule has 0 atom stereocenters. The SMILES string of the molecule is CC(C)n1c[n+](C(C)C)c2ccc(OCN=[N+]=[N-])cc21. The molecule has 0 aliphatic heterocycles. The van der Waals surface area contributed by atoms with Gasteiger partial charge >= 0.3 is 0 Å². The van der Waals surface area contributed by atoms with Crippen molar-refractivity contribution in [3.8, 4) is 5.75 Å². The van der Waals surface area contributed by atoms with Gasteiger partial charge in [-0.25, -0.2) is 9.13 Å². The second kappa shape index (κ2) is 5.84. The quantitative estimate of drug-likeness (QED) is 0.354. The number of fused-ring (bicyclic) bond motifs is 1. The summed E-state index contributed by atoms with van der Waals surface area (Å²) in [7, 11) is 0. The fourth-order valence-electron chi connectivity index (χ4n) is 2.23. The first kappa shape index (κ1) is 14.2. The van der Waals surface area contributed by atoms with Crippen LogP contribution in [0.1, 0.15) is 39.8 Å². The average Bonchev–Trinajstić information content (AvgIpc) is 2.78. The Bertz CT molecular complexity index is 653. The highest BCUT2D eigenvalue weighted by molar-refractivity contribution is 5.74. The van der Waals surface area contributed by atoms with E-state index in [1.165, 1.54) is 5.52 Å². The zero-order valence-corrected chi connectivity index (χ0v) is 12.3. The number of imidazole rings is 1. The van der Waals surface area contributed by atoms with E-state index in [1.54, 1.807) is 0 Å². The van der Waals surface area contributed by atoms with Crippen molar-refractivity contribution in [3.05, 3.63) is 35.0 Å². The van der Waals surface area contributed by atoms with Crippen LogP contribution in [0.25, 0.3) is 21.5 Å². The topological polar surface area (TPSA) is 66.8 Å². The fourth-order valence-corrected chi connectivity index (χ4v) is 2.23. The fraction of sp³-hybridized carbons (Fsp3) is 0.500. The maximum atomic E-state index is 8.27. The van der Waals surface area contributed by atoms with E-state index in [0.29, 0.717) is 17.8 Å². The Morgan fingerprint density at radius 2 is 2.10 bits per heavy atom. The van der Waals surface area contributed by atoms with Crippen LogP contribution in [0.15, 0.2) is 29.6 Å². The van der Waals surface area contributed by atoms with Crippen LogP contribution in [0.2, 0.25) is 0 Å². The summed E-state index contributed by atoms with van der Waals surface area (Å²) in [5, 5.41) is 3.38. The van der Waals surface area contributed by atoms with Gasteiger partial charge in [-0.15, -0.1) is 0 Å². The van der Waals surface area contributed by atoms with Gasteiger partial charge in [-0.1, -0.05) is 5.11 Å². The van der Waals surface area contributed by atoms with Gasteiger partial charge in [-0.3, -0.25) is 0 Å². The normalized spacial score (nSPS) is 11.1. The molecule has 1 aromatic heterocycles. The Balaban J connectivity index is 2.49. The minimum atomic E-state index is 0.00851. The average molecular weight is 274 g/mol. The molecule has 0 N–H and O–H groups in total. The van der Waals surface area contributed by atoms with E-state index in [2.05, 4.69) is 53.2 Å². The summed E-state index contributed by atoms with van der Waals surface area (Å²) in [6.07, 6.45) is 2.14. The van der Waals surface area contributed by atoms with Gasteiger partial charge in [-0.05, 0) is 45.4 Å². The van der Waals surface area contributed by atoms with Crippen molar-refractivity contribution in [1.82, 2.24) is 4.57 Å². The van der Waals surface area contributed by atoms with Gasteiger partial charge in [0.15, 0.2) is 17.8 Å². The minimum Gasteiger partial charge on any atom is -0.487 e. The molecule has 1 heterocycles. The molecule has 0 unspecified atom stereocenters. The maximum Gasteiger partial charge on any atom is 0.245 e. The molecule has 2 rings (SSSR count). The second-order valence-electron chi connectivity index (χ2n) is 5.27. The summed E-state index contributed by atoms with van der Waals surface area (Å²) in [4.78, 5) is 2.68. The highest BCUT2D eigenvalue weighted by atomic mass is 16.5. The van der Waals surface area contributed by atoms with Crippen molar-refractivity contribution in [2.45, 2.75) is 39.8 Å². The van der Waals surface area contributed by atoms with E-state index >= 15 is 0 Å². The Morgan fingerprint density at radius 3 is 2.70 bits per heavy atom. The number of aromatic nitrogens is 2. The standard InChI is InChI=1S/C14H20N5O/c1-10(2)18-9-19(11(3)4)14-7-12(5-6-13(14)18)20-8-16-17-15/h5-7,9-11H,8H2,1-4H3/q+1. The van der Waals surface area contributed by atoms with Crippen molar-refractivity contribution in [3.63, 3.8) is 0 Å². The van der Waals surface area contributed by atoms with E-state index in [-0.39, 0.29) is 6.73 Å². The Morgan fingerprint density at radius 1 is 1.35 bits per heavy atom. The molecule has 2 aromatic rings. The lowest BCUT2D eigenvalue weighted by molar-refractivity contribution is -0.692. The summed E-state index contributed by atoms with van der Waals surface area (Å²) in [6.45, 7) is 8.64. The van der Waals surface area contributed by atoms with Crippen LogP contribution in [-0.2, 0) is 0 Å². The first-order valence-corrected chi connectivity index (χ1v) is 6.74. The third-order valence-electron chi connectivity index (χ3n) is 3.22. The summed E-state index contributed by atoms with van der Waals surface area (Å²) in [5.74, 6) is 0.709. The van der Waals surface area contributed by atoms with Crippen molar-refractivity contribution in [1.29, 1.82) is 0 Å². The molecule has 1 aromatic carbocycles. The molecule has 0 aliphatic rings. The molecule has 20 heavy (non-hydrogen) atoms. The molecule has 0 amide bonds. The molecule has 0 saturated carbocycles. The molecule has 0 bridgehead atoms. The van der Waals surface area contributed by atoms with Crippen molar-refractivity contribution in [2.24, 2.45) is 5.11 Å². The number of ether oxygens (including phenoxy) is 1. The van der Waals surface area contributed by atoms with Crippen LogP contribution >= 0.6 is 0 Å². The third kappa shape index (κ3) is 2.70. The number of azide groups is 1. The Labute approximate surface area is 118 Å². The molecule has 6 heteroatoms. The first-order chi connectivity index (χ1) is 9.54. The summed E-state index contributed by atoms with van der Waals surface area (Å²) in [5.41, 5.74) is 10.6. The van der Waals surface area contributed by atoms with Crippen LogP contribution in [0.4, 0.5) is 0 Å². The zero-order valence-electron chi connectivity index (χ0n) is 12.3. The van der Waals surface area contributed by atoms with Crippen molar-refractivity contribution >= 4 is 11.0 Å². The first-order valence-electron chi connectivity index (χ1n) is 6.74. The lowest BCUT2D eigenvalue weighted by atomic mass is 10.2. The van der Waals surface area contributed by atoms with Crippen LogP contribution in [0.3, 0.4) is 0 Å². The van der Waals surface area contributed by atoms with Gasteiger partial charge < -0.3 is 4.74 Å². The Kier molecular flexibility index (Phi) is 4.15. The number of benzene rings is 1. The van der Waals surface area contributed by atoms with Crippen LogP contribution in [-0.4, -0.2) is 11.3 Å². The summed E-state index contributed by atoms with van der Waals surface area (Å²) >= 11 is 0. The Hall–Kier alpha value is -2.20. The van der Waals surface area contributed by atoms with Crippen LogP contribution in [0, 0.1) is 0 Å². The molecular formula is C14H20N5O+. The summed E-state index contributed by atoms with van der Waals surface area (Å²) in [6, 6.07) is 6.69. The van der Waals surface area contributed by atoms with E-state index in [0.717, 1.165) is 5.52 Å². The molecule has 0 aliphatic carbocycles. The molecular weight excluding hydrogens is 254 g/mol. The molecule has 0 saturated heterocycles. The van der Waals surface area contributed by atoms with Gasteiger partial charge in [-0.2, -0.15) is 0 Å². The van der Waals surface area contributed by atoms with Gasteiger partial charge in [0.2, 0.25) is 6.33 Å². The van der Waals surface area contributed by atoms with Gasteiger partial charge in [0, 0.05) is 11.0 Å². The van der Waals surface area contributed by atoms with Gasteiger partial charge in [0.25, 0.3) is 0 Å².